The van der Waals surface area contributed by atoms with E-state index in [9.17, 15) is 9.59 Å². The summed E-state index contributed by atoms with van der Waals surface area (Å²) in [5, 5.41) is 14.4. The highest BCUT2D eigenvalue weighted by Gasteiger charge is 2.16. The molecule has 9 heteroatoms. The molecular formula is C19H26N6O2S. The van der Waals surface area contributed by atoms with Gasteiger partial charge in [0.05, 0.1) is 0 Å². The predicted octanol–water partition coefficient (Wildman–Crippen LogP) is 1.47. The number of anilines is 1. The van der Waals surface area contributed by atoms with E-state index in [4.69, 9.17) is 0 Å². The number of carbonyl (C=O) groups is 2. The van der Waals surface area contributed by atoms with Crippen molar-refractivity contribution >= 4 is 28.8 Å². The van der Waals surface area contributed by atoms with Crippen LogP contribution in [0.25, 0.3) is 0 Å². The summed E-state index contributed by atoms with van der Waals surface area (Å²) in [6.07, 6.45) is 0. The van der Waals surface area contributed by atoms with Crippen LogP contribution in [0.2, 0.25) is 0 Å². The second-order valence-corrected chi connectivity index (χ2v) is 7.87. The molecule has 1 saturated heterocycles. The minimum Gasteiger partial charge on any atom is -0.351 e. The van der Waals surface area contributed by atoms with Crippen molar-refractivity contribution in [2.75, 3.05) is 51.1 Å². The number of carbonyl (C=O) groups excluding carboxylic acids is 2. The summed E-state index contributed by atoms with van der Waals surface area (Å²) in [7, 11) is 0. The maximum absolute atomic E-state index is 12.4. The van der Waals surface area contributed by atoms with Crippen LogP contribution in [0.5, 0.6) is 0 Å². The Morgan fingerprint density at radius 2 is 1.86 bits per heavy atom. The molecule has 2 heterocycles. The molecule has 0 aliphatic carbocycles. The molecule has 150 valence electrons. The third-order valence-electron chi connectivity index (χ3n) is 4.73. The maximum atomic E-state index is 12.4. The molecule has 0 saturated carbocycles. The summed E-state index contributed by atoms with van der Waals surface area (Å²) in [6, 6.07) is 6.90. The lowest BCUT2D eigenvalue weighted by atomic mass is 10.2. The highest BCUT2D eigenvalue weighted by atomic mass is 32.1. The fraction of sp³-hybridized carbons (Fsp3) is 0.474. The van der Waals surface area contributed by atoms with Crippen molar-refractivity contribution in [1.29, 1.82) is 0 Å². The molecule has 8 nitrogen and oxygen atoms in total. The molecule has 1 aromatic heterocycles. The molecule has 28 heavy (non-hydrogen) atoms. The Balaban J connectivity index is 1.48. The van der Waals surface area contributed by atoms with Crippen molar-refractivity contribution in [3.8, 4) is 0 Å². The molecule has 3 rings (SSSR count). The Morgan fingerprint density at radius 1 is 1.11 bits per heavy atom. The molecule has 1 aliphatic rings. The quantitative estimate of drug-likeness (QED) is 0.729. The Bertz CT molecular complexity index is 816. The fourth-order valence-electron chi connectivity index (χ4n) is 3.07. The number of hydrogen-bond donors (Lipinski definition) is 2. The Labute approximate surface area is 168 Å². The molecule has 0 spiro atoms. The molecular weight excluding hydrogens is 376 g/mol. The maximum Gasteiger partial charge on any atom is 0.286 e. The lowest BCUT2D eigenvalue weighted by Gasteiger charge is -2.33. The van der Waals surface area contributed by atoms with Gasteiger partial charge < -0.3 is 15.5 Å². The second kappa shape index (κ2) is 9.72. The van der Waals surface area contributed by atoms with Crippen LogP contribution in [0.4, 0.5) is 5.69 Å². The Hall–Kier alpha value is -2.36. The number of aromatic nitrogens is 2. The summed E-state index contributed by atoms with van der Waals surface area (Å²) in [5.74, 6) is -0.468. The molecule has 2 amide bonds. The standard InChI is InChI=1S/C19H26N6O2S/c1-3-24-9-11-25(12-10-24)8-7-20-17(26)15-5-4-6-16(13-15)21-18(27)19-23-22-14(2)28-19/h4-6,13H,3,7-12H2,1-2H3,(H,20,26)(H,21,27). The summed E-state index contributed by atoms with van der Waals surface area (Å²) < 4.78 is 0. The number of amides is 2. The lowest BCUT2D eigenvalue weighted by molar-refractivity contribution is 0.0936. The van der Waals surface area contributed by atoms with Crippen LogP contribution in [0.3, 0.4) is 0 Å². The number of piperazine rings is 1. The highest BCUT2D eigenvalue weighted by Crippen LogP contribution is 2.14. The highest BCUT2D eigenvalue weighted by molar-refractivity contribution is 7.13. The van der Waals surface area contributed by atoms with Crippen molar-refractivity contribution in [3.05, 3.63) is 39.8 Å². The van der Waals surface area contributed by atoms with Crippen LogP contribution < -0.4 is 10.6 Å². The van der Waals surface area contributed by atoms with Gasteiger partial charge in [-0.15, -0.1) is 10.2 Å². The van der Waals surface area contributed by atoms with Gasteiger partial charge in [0.15, 0.2) is 0 Å². The van der Waals surface area contributed by atoms with Crippen LogP contribution in [-0.2, 0) is 0 Å². The zero-order valence-electron chi connectivity index (χ0n) is 16.3. The van der Waals surface area contributed by atoms with Gasteiger partial charge in [0.1, 0.15) is 5.01 Å². The second-order valence-electron chi connectivity index (χ2n) is 6.69. The zero-order chi connectivity index (χ0) is 19.9. The van der Waals surface area contributed by atoms with Gasteiger partial charge >= 0.3 is 0 Å². The smallest absolute Gasteiger partial charge is 0.286 e. The number of hydrogen-bond acceptors (Lipinski definition) is 7. The van der Waals surface area contributed by atoms with E-state index in [1.54, 1.807) is 31.2 Å². The lowest BCUT2D eigenvalue weighted by Crippen LogP contribution is -2.48. The monoisotopic (exact) mass is 402 g/mol. The van der Waals surface area contributed by atoms with E-state index in [-0.39, 0.29) is 11.8 Å². The van der Waals surface area contributed by atoms with Crippen molar-refractivity contribution in [1.82, 2.24) is 25.3 Å². The number of aryl methyl sites for hydroxylation is 1. The number of rotatable bonds is 7. The van der Waals surface area contributed by atoms with E-state index in [1.165, 1.54) is 11.3 Å². The fourth-order valence-corrected chi connectivity index (χ4v) is 3.66. The topological polar surface area (TPSA) is 90.5 Å². The summed E-state index contributed by atoms with van der Waals surface area (Å²) >= 11 is 1.23. The number of likely N-dealkylation sites (N-methyl/N-ethyl adjacent to an activating group) is 1. The number of nitrogens with zero attached hydrogens (tertiary/aromatic N) is 4. The normalized spacial score (nSPS) is 15.4. The zero-order valence-corrected chi connectivity index (χ0v) is 17.1. The third kappa shape index (κ3) is 5.57. The molecule has 1 aliphatic heterocycles. The minimum absolute atomic E-state index is 0.143. The SMILES string of the molecule is CCN1CCN(CCNC(=O)c2cccc(NC(=O)c3nnc(C)s3)c2)CC1. The van der Waals surface area contributed by atoms with Gasteiger partial charge in [-0.1, -0.05) is 24.3 Å². The molecule has 0 radical (unpaired) electrons. The van der Waals surface area contributed by atoms with Crippen molar-refractivity contribution in [2.45, 2.75) is 13.8 Å². The number of benzene rings is 1. The van der Waals surface area contributed by atoms with Crippen molar-refractivity contribution in [3.63, 3.8) is 0 Å². The van der Waals surface area contributed by atoms with Crippen LogP contribution in [0.1, 0.15) is 32.1 Å². The van der Waals surface area contributed by atoms with E-state index in [1.807, 2.05) is 0 Å². The van der Waals surface area contributed by atoms with Crippen LogP contribution >= 0.6 is 11.3 Å². The Kier molecular flexibility index (Phi) is 7.07. The van der Waals surface area contributed by atoms with Gasteiger partial charge in [0.2, 0.25) is 5.01 Å². The first kappa shape index (κ1) is 20.4. The molecule has 0 atom stereocenters. The average Bonchev–Trinajstić information content (AvgIpc) is 3.15. The van der Waals surface area contributed by atoms with Gasteiger partial charge in [-0.3, -0.25) is 14.5 Å². The first-order chi connectivity index (χ1) is 13.5. The minimum atomic E-state index is -0.325. The molecule has 0 bridgehead atoms. The predicted molar refractivity (Wildman–Crippen MR) is 110 cm³/mol. The van der Waals surface area contributed by atoms with E-state index < -0.39 is 0 Å². The van der Waals surface area contributed by atoms with Gasteiger partial charge in [-0.25, -0.2) is 0 Å². The van der Waals surface area contributed by atoms with Crippen LogP contribution in [-0.4, -0.2) is 77.6 Å². The van der Waals surface area contributed by atoms with Crippen molar-refractivity contribution in [2.24, 2.45) is 0 Å². The molecule has 1 aromatic carbocycles. The van der Waals surface area contributed by atoms with Crippen LogP contribution in [0, 0.1) is 6.92 Å². The van der Waals surface area contributed by atoms with Gasteiger partial charge in [0, 0.05) is 50.5 Å². The van der Waals surface area contributed by atoms with Gasteiger partial charge in [0.25, 0.3) is 11.8 Å². The molecule has 0 unspecified atom stereocenters. The van der Waals surface area contributed by atoms with E-state index in [0.29, 0.717) is 22.8 Å². The third-order valence-corrected chi connectivity index (χ3v) is 5.57. The van der Waals surface area contributed by atoms with E-state index >= 15 is 0 Å². The van der Waals surface area contributed by atoms with Gasteiger partial charge in [-0.2, -0.15) is 0 Å². The first-order valence-electron chi connectivity index (χ1n) is 9.49. The molecule has 2 N–H and O–H groups in total. The van der Waals surface area contributed by atoms with E-state index in [2.05, 4.69) is 37.6 Å². The summed E-state index contributed by atoms with van der Waals surface area (Å²) in [6.45, 7) is 10.8. The van der Waals surface area contributed by atoms with E-state index in [0.717, 1.165) is 44.3 Å². The molecule has 2 aromatic rings. The first-order valence-corrected chi connectivity index (χ1v) is 10.3. The largest absolute Gasteiger partial charge is 0.351 e. The van der Waals surface area contributed by atoms with Crippen molar-refractivity contribution < 1.29 is 9.59 Å². The number of nitrogens with one attached hydrogen (secondary N) is 2. The Morgan fingerprint density at radius 3 is 2.54 bits per heavy atom. The summed E-state index contributed by atoms with van der Waals surface area (Å²) in [5.41, 5.74) is 1.07. The van der Waals surface area contributed by atoms with Crippen LogP contribution in [0.15, 0.2) is 24.3 Å². The van der Waals surface area contributed by atoms with Gasteiger partial charge in [-0.05, 0) is 31.7 Å². The molecule has 1 fully saturated rings. The average molecular weight is 403 g/mol. The summed E-state index contributed by atoms with van der Waals surface area (Å²) in [4.78, 5) is 29.4.